The highest BCUT2D eigenvalue weighted by Crippen LogP contribution is 2.28. The first-order valence-electron chi connectivity index (χ1n) is 7.63. The van der Waals surface area contributed by atoms with Crippen molar-refractivity contribution in [2.45, 2.75) is 38.8 Å². The van der Waals surface area contributed by atoms with Gasteiger partial charge in [-0.2, -0.15) is 0 Å². The number of rotatable bonds is 9. The van der Waals surface area contributed by atoms with Gasteiger partial charge >= 0.3 is 0 Å². The largest absolute Gasteiger partial charge is 0.493 e. The fourth-order valence-corrected chi connectivity index (χ4v) is 2.64. The number of hydrogen-bond donors (Lipinski definition) is 1. The Morgan fingerprint density at radius 2 is 1.81 bits per heavy atom. The molecule has 1 N–H and O–H groups in total. The summed E-state index contributed by atoms with van der Waals surface area (Å²) in [5.41, 5.74) is 1.18. The molecule has 0 aromatic heterocycles. The van der Waals surface area contributed by atoms with Gasteiger partial charge in [0.2, 0.25) is 0 Å². The fourth-order valence-electron chi connectivity index (χ4n) is 2.64. The molecular formula is C17H30NO3+. The predicted octanol–water partition coefficient (Wildman–Crippen LogP) is 2.83. The molecule has 0 bridgehead atoms. The maximum absolute atomic E-state index is 10.1. The molecule has 1 rings (SSSR count). The summed E-state index contributed by atoms with van der Waals surface area (Å²) in [6.07, 6.45) is 2.85. The zero-order valence-electron chi connectivity index (χ0n) is 14.1. The Kier molecular flexibility index (Phi) is 6.99. The van der Waals surface area contributed by atoms with Gasteiger partial charge in [-0.3, -0.25) is 0 Å². The highest BCUT2D eigenvalue weighted by molar-refractivity contribution is 5.42. The van der Waals surface area contributed by atoms with E-state index in [-0.39, 0.29) is 6.10 Å². The summed E-state index contributed by atoms with van der Waals surface area (Å²) in [5.74, 6) is 1.50. The lowest BCUT2D eigenvalue weighted by Gasteiger charge is -2.32. The molecule has 0 heterocycles. The first kappa shape index (κ1) is 17.8. The summed E-state index contributed by atoms with van der Waals surface area (Å²) >= 11 is 0. The molecule has 4 heteroatoms. The molecule has 0 fully saturated rings. The van der Waals surface area contributed by atoms with Crippen LogP contribution in [0.4, 0.5) is 0 Å². The minimum atomic E-state index is -0.236. The van der Waals surface area contributed by atoms with Crippen molar-refractivity contribution in [1.29, 1.82) is 0 Å². The highest BCUT2D eigenvalue weighted by atomic mass is 16.5. The van der Waals surface area contributed by atoms with Crippen molar-refractivity contribution in [3.8, 4) is 11.5 Å². The fraction of sp³-hybridized carbons (Fsp3) is 0.647. The standard InChI is InChI=1S/C17H30NO3/c1-6-7-8-15(19)13-18(2,3)12-14-9-10-16(20-4)17(11-14)21-5/h9-11,15,19H,6-8,12-13H2,1-5H3/q+1. The van der Waals surface area contributed by atoms with E-state index in [9.17, 15) is 5.11 Å². The minimum absolute atomic E-state index is 0.236. The number of benzene rings is 1. The average Bonchev–Trinajstić information content (AvgIpc) is 2.43. The Morgan fingerprint density at radius 3 is 2.38 bits per heavy atom. The zero-order chi connectivity index (χ0) is 15.9. The van der Waals surface area contributed by atoms with Crippen molar-refractivity contribution < 1.29 is 19.1 Å². The molecule has 120 valence electrons. The number of hydrogen-bond acceptors (Lipinski definition) is 3. The van der Waals surface area contributed by atoms with E-state index in [1.807, 2.05) is 12.1 Å². The summed E-state index contributed by atoms with van der Waals surface area (Å²) in [5, 5.41) is 10.1. The van der Waals surface area contributed by atoms with Gasteiger partial charge < -0.3 is 19.1 Å². The van der Waals surface area contributed by atoms with E-state index in [0.717, 1.165) is 48.3 Å². The van der Waals surface area contributed by atoms with E-state index in [1.54, 1.807) is 14.2 Å². The van der Waals surface area contributed by atoms with E-state index in [0.29, 0.717) is 0 Å². The Morgan fingerprint density at radius 1 is 1.14 bits per heavy atom. The van der Waals surface area contributed by atoms with Crippen LogP contribution in [0.3, 0.4) is 0 Å². The van der Waals surface area contributed by atoms with Crippen molar-refractivity contribution in [3.63, 3.8) is 0 Å². The topological polar surface area (TPSA) is 38.7 Å². The number of aliphatic hydroxyl groups excluding tert-OH is 1. The van der Waals surface area contributed by atoms with Crippen LogP contribution in [0.2, 0.25) is 0 Å². The number of quaternary nitrogens is 1. The van der Waals surface area contributed by atoms with Gasteiger partial charge in [-0.05, 0) is 24.6 Å². The van der Waals surface area contributed by atoms with Gasteiger partial charge in [-0.25, -0.2) is 0 Å². The van der Waals surface area contributed by atoms with Crippen LogP contribution in [0.5, 0.6) is 11.5 Å². The van der Waals surface area contributed by atoms with E-state index < -0.39 is 0 Å². The van der Waals surface area contributed by atoms with E-state index in [1.165, 1.54) is 5.56 Å². The normalized spacial score (nSPS) is 13.0. The number of methoxy groups -OCH3 is 2. The van der Waals surface area contributed by atoms with Crippen LogP contribution in [0, 0.1) is 0 Å². The first-order chi connectivity index (χ1) is 9.91. The summed E-state index contributed by atoms with van der Waals surface area (Å²) < 4.78 is 11.4. The van der Waals surface area contributed by atoms with Gasteiger partial charge in [0.1, 0.15) is 19.2 Å². The Balaban J connectivity index is 2.70. The molecule has 21 heavy (non-hydrogen) atoms. The molecule has 0 radical (unpaired) electrons. The molecule has 4 nitrogen and oxygen atoms in total. The van der Waals surface area contributed by atoms with Crippen molar-refractivity contribution in [2.75, 3.05) is 34.9 Å². The third kappa shape index (κ3) is 5.94. The number of aliphatic hydroxyl groups is 1. The molecule has 0 saturated carbocycles. The summed E-state index contributed by atoms with van der Waals surface area (Å²) in [7, 11) is 7.58. The third-order valence-electron chi connectivity index (χ3n) is 3.65. The molecule has 0 aliphatic rings. The quantitative estimate of drug-likeness (QED) is 0.712. The number of unbranched alkanes of at least 4 members (excludes halogenated alkanes) is 1. The Bertz CT molecular complexity index is 432. The Hall–Kier alpha value is -1.26. The van der Waals surface area contributed by atoms with Gasteiger partial charge in [-0.15, -0.1) is 0 Å². The maximum atomic E-state index is 10.1. The van der Waals surface area contributed by atoms with Gasteiger partial charge in [0.25, 0.3) is 0 Å². The maximum Gasteiger partial charge on any atom is 0.161 e. The van der Waals surface area contributed by atoms with Crippen LogP contribution in [0.1, 0.15) is 31.7 Å². The molecular weight excluding hydrogens is 266 g/mol. The van der Waals surface area contributed by atoms with Crippen LogP contribution in [0.15, 0.2) is 18.2 Å². The molecule has 0 spiro atoms. The lowest BCUT2D eigenvalue weighted by atomic mass is 10.1. The number of ether oxygens (including phenoxy) is 2. The molecule has 1 aromatic rings. The molecule has 1 aromatic carbocycles. The van der Waals surface area contributed by atoms with Crippen molar-refractivity contribution >= 4 is 0 Å². The third-order valence-corrected chi connectivity index (χ3v) is 3.65. The molecule has 0 saturated heterocycles. The number of likely N-dealkylation sites (N-methyl/N-ethyl adjacent to an activating group) is 1. The zero-order valence-corrected chi connectivity index (χ0v) is 14.1. The van der Waals surface area contributed by atoms with Crippen LogP contribution >= 0.6 is 0 Å². The predicted molar refractivity (Wildman–Crippen MR) is 85.8 cm³/mol. The van der Waals surface area contributed by atoms with Crippen LogP contribution in [-0.2, 0) is 6.54 Å². The smallest absolute Gasteiger partial charge is 0.161 e. The van der Waals surface area contributed by atoms with Crippen LogP contribution in [-0.4, -0.2) is 50.6 Å². The summed E-state index contributed by atoms with van der Waals surface area (Å²) in [6, 6.07) is 6.00. The van der Waals surface area contributed by atoms with Gasteiger partial charge in [0.05, 0.1) is 28.3 Å². The molecule has 1 unspecified atom stereocenters. The molecule has 1 atom stereocenters. The average molecular weight is 296 g/mol. The van der Waals surface area contributed by atoms with Crippen molar-refractivity contribution in [3.05, 3.63) is 23.8 Å². The van der Waals surface area contributed by atoms with E-state index >= 15 is 0 Å². The second kappa shape index (κ2) is 8.25. The summed E-state index contributed by atoms with van der Waals surface area (Å²) in [4.78, 5) is 0. The second-order valence-corrected chi connectivity index (χ2v) is 6.26. The van der Waals surface area contributed by atoms with Gasteiger partial charge in [0.15, 0.2) is 11.5 Å². The lowest BCUT2D eigenvalue weighted by molar-refractivity contribution is -0.906. The minimum Gasteiger partial charge on any atom is -0.493 e. The monoisotopic (exact) mass is 296 g/mol. The first-order valence-corrected chi connectivity index (χ1v) is 7.63. The van der Waals surface area contributed by atoms with Crippen molar-refractivity contribution in [2.24, 2.45) is 0 Å². The second-order valence-electron chi connectivity index (χ2n) is 6.26. The highest BCUT2D eigenvalue weighted by Gasteiger charge is 2.21. The van der Waals surface area contributed by atoms with E-state index in [4.69, 9.17) is 9.47 Å². The molecule has 0 aliphatic carbocycles. The van der Waals surface area contributed by atoms with Crippen LogP contribution < -0.4 is 9.47 Å². The van der Waals surface area contributed by atoms with Gasteiger partial charge in [-0.1, -0.05) is 19.8 Å². The SMILES string of the molecule is CCCCC(O)C[N+](C)(C)Cc1ccc(OC)c(OC)c1. The lowest BCUT2D eigenvalue weighted by Crippen LogP contribution is -2.44. The van der Waals surface area contributed by atoms with Gasteiger partial charge in [0, 0.05) is 5.56 Å². The van der Waals surface area contributed by atoms with Crippen LogP contribution in [0.25, 0.3) is 0 Å². The molecule has 0 amide bonds. The van der Waals surface area contributed by atoms with E-state index in [2.05, 4.69) is 27.1 Å². The number of nitrogens with zero attached hydrogens (tertiary/aromatic N) is 1. The summed E-state index contributed by atoms with van der Waals surface area (Å²) in [6.45, 7) is 3.76. The Labute approximate surface area is 128 Å². The van der Waals surface area contributed by atoms with Crippen molar-refractivity contribution in [1.82, 2.24) is 0 Å². The molecule has 0 aliphatic heterocycles.